The molecule has 1 atom stereocenters. The lowest BCUT2D eigenvalue weighted by atomic mass is 9.94. The molecule has 1 aromatic rings. The van der Waals surface area contributed by atoms with E-state index in [0.717, 1.165) is 18.4 Å². The van der Waals surface area contributed by atoms with Crippen molar-refractivity contribution < 1.29 is 4.79 Å². The molecular weight excluding hydrogens is 162 g/mol. The Hall–Kier alpha value is -1.31. The van der Waals surface area contributed by atoms with Crippen molar-refractivity contribution in [1.82, 2.24) is 0 Å². The Morgan fingerprint density at radius 1 is 1.38 bits per heavy atom. The van der Waals surface area contributed by atoms with Crippen LogP contribution in [0.25, 0.3) is 0 Å². The van der Waals surface area contributed by atoms with Crippen molar-refractivity contribution in [3.8, 4) is 0 Å². The Labute approximate surface area is 78.8 Å². The zero-order valence-corrected chi connectivity index (χ0v) is 7.86. The predicted octanol–water partition coefficient (Wildman–Crippen LogP) is 2.06. The first kappa shape index (κ1) is 9.78. The third-order valence-corrected chi connectivity index (χ3v) is 2.12. The molecule has 0 saturated carbocycles. The summed E-state index contributed by atoms with van der Waals surface area (Å²) in [4.78, 5) is 11.1. The molecule has 0 aliphatic rings. The van der Waals surface area contributed by atoms with Gasteiger partial charge in [0.15, 0.2) is 0 Å². The molecule has 0 aliphatic carbocycles. The summed E-state index contributed by atoms with van der Waals surface area (Å²) < 4.78 is 0. The molecule has 0 fully saturated rings. The van der Waals surface area contributed by atoms with Gasteiger partial charge >= 0.3 is 0 Å². The molecule has 2 heteroatoms. The second-order valence-electron chi connectivity index (χ2n) is 3.15. The minimum absolute atomic E-state index is 0.119. The first-order valence-electron chi connectivity index (χ1n) is 4.60. The fourth-order valence-corrected chi connectivity index (χ4v) is 1.45. The molecule has 0 heterocycles. The second-order valence-corrected chi connectivity index (χ2v) is 3.15. The summed E-state index contributed by atoms with van der Waals surface area (Å²) in [5.41, 5.74) is 6.34. The lowest BCUT2D eigenvalue weighted by Crippen LogP contribution is -2.21. The predicted molar refractivity (Wildman–Crippen MR) is 53.3 cm³/mol. The van der Waals surface area contributed by atoms with Crippen LogP contribution < -0.4 is 5.73 Å². The summed E-state index contributed by atoms with van der Waals surface area (Å²) in [6.07, 6.45) is 1.81. The minimum Gasteiger partial charge on any atom is -0.369 e. The summed E-state index contributed by atoms with van der Waals surface area (Å²) in [5, 5.41) is 0. The number of hydrogen-bond donors (Lipinski definition) is 1. The van der Waals surface area contributed by atoms with Crippen LogP contribution in [0.1, 0.15) is 31.2 Å². The van der Waals surface area contributed by atoms with Gasteiger partial charge in [0, 0.05) is 0 Å². The first-order chi connectivity index (χ1) is 6.25. The summed E-state index contributed by atoms with van der Waals surface area (Å²) in [5.74, 6) is -0.348. The SMILES string of the molecule is CCC[C@@H](C(N)=O)c1ccccc1. The van der Waals surface area contributed by atoms with Crippen molar-refractivity contribution in [2.45, 2.75) is 25.7 Å². The fourth-order valence-electron chi connectivity index (χ4n) is 1.45. The summed E-state index contributed by atoms with van der Waals surface area (Å²) in [6.45, 7) is 2.05. The minimum atomic E-state index is -0.229. The van der Waals surface area contributed by atoms with Crippen molar-refractivity contribution in [2.75, 3.05) is 0 Å². The fraction of sp³-hybridized carbons (Fsp3) is 0.364. The van der Waals surface area contributed by atoms with Gasteiger partial charge in [-0.15, -0.1) is 0 Å². The smallest absolute Gasteiger partial charge is 0.224 e. The molecule has 1 amide bonds. The molecule has 0 aromatic heterocycles. The van der Waals surface area contributed by atoms with Crippen molar-refractivity contribution in [3.63, 3.8) is 0 Å². The molecule has 0 aliphatic heterocycles. The summed E-state index contributed by atoms with van der Waals surface area (Å²) in [6, 6.07) is 9.70. The van der Waals surface area contributed by atoms with Crippen LogP contribution in [0.2, 0.25) is 0 Å². The van der Waals surface area contributed by atoms with Gasteiger partial charge in [0.2, 0.25) is 5.91 Å². The number of amides is 1. The van der Waals surface area contributed by atoms with E-state index >= 15 is 0 Å². The number of primary amides is 1. The maximum atomic E-state index is 11.1. The summed E-state index contributed by atoms with van der Waals surface area (Å²) >= 11 is 0. The molecule has 2 N–H and O–H groups in total. The number of benzene rings is 1. The normalized spacial score (nSPS) is 12.4. The first-order valence-corrected chi connectivity index (χ1v) is 4.60. The van der Waals surface area contributed by atoms with Crippen molar-refractivity contribution >= 4 is 5.91 Å². The number of rotatable bonds is 4. The Balaban J connectivity index is 2.82. The third-order valence-electron chi connectivity index (χ3n) is 2.12. The van der Waals surface area contributed by atoms with Crippen LogP contribution in [0, 0.1) is 0 Å². The van der Waals surface area contributed by atoms with E-state index in [0.29, 0.717) is 0 Å². The Bertz CT molecular complexity index is 269. The molecule has 1 aromatic carbocycles. The number of carbonyl (C=O) groups excluding carboxylic acids is 1. The molecule has 13 heavy (non-hydrogen) atoms. The van der Waals surface area contributed by atoms with Gasteiger partial charge in [-0.25, -0.2) is 0 Å². The van der Waals surface area contributed by atoms with Crippen molar-refractivity contribution in [2.24, 2.45) is 5.73 Å². The van der Waals surface area contributed by atoms with Crippen molar-refractivity contribution in [1.29, 1.82) is 0 Å². The van der Waals surface area contributed by atoms with E-state index in [1.165, 1.54) is 0 Å². The topological polar surface area (TPSA) is 43.1 Å². The van der Waals surface area contributed by atoms with Crippen molar-refractivity contribution in [3.05, 3.63) is 35.9 Å². The highest BCUT2D eigenvalue weighted by Gasteiger charge is 2.15. The van der Waals surface area contributed by atoms with Crippen LogP contribution >= 0.6 is 0 Å². The largest absolute Gasteiger partial charge is 0.369 e. The van der Waals surface area contributed by atoms with Crippen LogP contribution in [0.4, 0.5) is 0 Å². The second kappa shape index (κ2) is 4.65. The van der Waals surface area contributed by atoms with Gasteiger partial charge in [-0.05, 0) is 12.0 Å². The maximum Gasteiger partial charge on any atom is 0.224 e. The molecule has 0 bridgehead atoms. The molecule has 2 nitrogen and oxygen atoms in total. The molecular formula is C11H15NO. The van der Waals surface area contributed by atoms with Gasteiger partial charge in [0.1, 0.15) is 0 Å². The monoisotopic (exact) mass is 177 g/mol. The van der Waals surface area contributed by atoms with Crippen LogP contribution in [-0.4, -0.2) is 5.91 Å². The molecule has 1 rings (SSSR count). The molecule has 0 unspecified atom stereocenters. The highest BCUT2D eigenvalue weighted by molar-refractivity contribution is 5.81. The Morgan fingerprint density at radius 2 is 2.00 bits per heavy atom. The standard InChI is InChI=1S/C11H15NO/c1-2-6-10(11(12)13)9-7-4-3-5-8-9/h3-5,7-8,10H,2,6H2,1H3,(H2,12,13)/t10-/m1/s1. The maximum absolute atomic E-state index is 11.1. The highest BCUT2D eigenvalue weighted by Crippen LogP contribution is 2.19. The van der Waals surface area contributed by atoms with Gasteiger partial charge in [0.05, 0.1) is 5.92 Å². The quantitative estimate of drug-likeness (QED) is 0.751. The van der Waals surface area contributed by atoms with Gasteiger partial charge in [-0.1, -0.05) is 43.7 Å². The molecule has 0 saturated heterocycles. The van der Waals surface area contributed by atoms with E-state index in [1.807, 2.05) is 30.3 Å². The highest BCUT2D eigenvalue weighted by atomic mass is 16.1. The van der Waals surface area contributed by atoms with E-state index in [1.54, 1.807) is 0 Å². The molecule has 70 valence electrons. The van der Waals surface area contributed by atoms with Crippen LogP contribution in [0.15, 0.2) is 30.3 Å². The Kier molecular flexibility index (Phi) is 3.50. The zero-order valence-electron chi connectivity index (χ0n) is 7.86. The third kappa shape index (κ3) is 2.58. The molecule has 0 radical (unpaired) electrons. The Morgan fingerprint density at radius 3 is 2.46 bits per heavy atom. The average molecular weight is 177 g/mol. The van der Waals surface area contributed by atoms with Crippen LogP contribution in [-0.2, 0) is 4.79 Å². The lowest BCUT2D eigenvalue weighted by Gasteiger charge is -2.11. The van der Waals surface area contributed by atoms with E-state index < -0.39 is 0 Å². The van der Waals surface area contributed by atoms with Gasteiger partial charge < -0.3 is 5.73 Å². The van der Waals surface area contributed by atoms with E-state index in [9.17, 15) is 4.79 Å². The average Bonchev–Trinajstić information content (AvgIpc) is 2.15. The number of carbonyl (C=O) groups is 1. The molecule has 0 spiro atoms. The number of nitrogens with two attached hydrogens (primary N) is 1. The van der Waals surface area contributed by atoms with Gasteiger partial charge in [-0.3, -0.25) is 4.79 Å². The van der Waals surface area contributed by atoms with E-state index in [4.69, 9.17) is 5.73 Å². The van der Waals surface area contributed by atoms with Crippen LogP contribution in [0.3, 0.4) is 0 Å². The van der Waals surface area contributed by atoms with E-state index in [2.05, 4.69) is 6.92 Å². The van der Waals surface area contributed by atoms with Crippen LogP contribution in [0.5, 0.6) is 0 Å². The van der Waals surface area contributed by atoms with Gasteiger partial charge in [-0.2, -0.15) is 0 Å². The van der Waals surface area contributed by atoms with Gasteiger partial charge in [0.25, 0.3) is 0 Å². The number of hydrogen-bond acceptors (Lipinski definition) is 1. The lowest BCUT2D eigenvalue weighted by molar-refractivity contribution is -0.119. The van der Waals surface area contributed by atoms with E-state index in [-0.39, 0.29) is 11.8 Å². The summed E-state index contributed by atoms with van der Waals surface area (Å²) in [7, 11) is 0. The zero-order chi connectivity index (χ0) is 9.68.